The molecule has 4 heteroatoms. The Balaban J connectivity index is 2.38. The van der Waals surface area contributed by atoms with Crippen molar-refractivity contribution in [2.75, 3.05) is 6.61 Å². The molecule has 3 aromatic rings. The van der Waals surface area contributed by atoms with Crippen molar-refractivity contribution in [3.8, 4) is 0 Å². The maximum absolute atomic E-state index is 12.1. The smallest absolute Gasteiger partial charge is 0.340 e. The van der Waals surface area contributed by atoms with Crippen molar-refractivity contribution in [1.29, 1.82) is 0 Å². The SMILES string of the molecule is CCOC(=O)c1c(C)nc2oc3ccccc3c2c1C. The van der Waals surface area contributed by atoms with Crippen LogP contribution in [0.2, 0.25) is 0 Å². The van der Waals surface area contributed by atoms with Crippen molar-refractivity contribution < 1.29 is 13.9 Å². The summed E-state index contributed by atoms with van der Waals surface area (Å²) in [5, 5.41) is 1.85. The Labute approximate surface area is 116 Å². The van der Waals surface area contributed by atoms with Crippen LogP contribution in [-0.2, 0) is 4.74 Å². The lowest BCUT2D eigenvalue weighted by molar-refractivity contribution is 0.0524. The second kappa shape index (κ2) is 4.63. The van der Waals surface area contributed by atoms with E-state index in [9.17, 15) is 4.79 Å². The molecule has 0 bridgehead atoms. The zero-order chi connectivity index (χ0) is 14.3. The van der Waals surface area contributed by atoms with E-state index in [0.717, 1.165) is 21.9 Å². The number of hydrogen-bond acceptors (Lipinski definition) is 4. The molecule has 20 heavy (non-hydrogen) atoms. The van der Waals surface area contributed by atoms with Gasteiger partial charge >= 0.3 is 5.97 Å². The molecule has 1 aromatic carbocycles. The van der Waals surface area contributed by atoms with E-state index in [4.69, 9.17) is 9.15 Å². The average Bonchev–Trinajstić information content (AvgIpc) is 2.76. The number of carbonyl (C=O) groups excluding carboxylic acids is 1. The summed E-state index contributed by atoms with van der Waals surface area (Å²) in [7, 11) is 0. The highest BCUT2D eigenvalue weighted by molar-refractivity contribution is 6.09. The highest BCUT2D eigenvalue weighted by atomic mass is 16.5. The van der Waals surface area contributed by atoms with Gasteiger partial charge in [0.1, 0.15) is 5.58 Å². The molecule has 102 valence electrons. The van der Waals surface area contributed by atoms with Crippen LogP contribution in [0.4, 0.5) is 0 Å². The zero-order valence-corrected chi connectivity index (χ0v) is 11.7. The van der Waals surface area contributed by atoms with Gasteiger partial charge in [-0.2, -0.15) is 0 Å². The van der Waals surface area contributed by atoms with Gasteiger partial charge in [0.2, 0.25) is 5.71 Å². The van der Waals surface area contributed by atoms with Gasteiger partial charge in [-0.15, -0.1) is 0 Å². The van der Waals surface area contributed by atoms with Gasteiger partial charge in [-0.25, -0.2) is 9.78 Å². The van der Waals surface area contributed by atoms with Gasteiger partial charge in [0.15, 0.2) is 0 Å². The van der Waals surface area contributed by atoms with Crippen LogP contribution in [0.5, 0.6) is 0 Å². The Bertz CT molecular complexity index is 817. The first-order chi connectivity index (χ1) is 9.63. The van der Waals surface area contributed by atoms with Crippen LogP contribution in [0, 0.1) is 13.8 Å². The second-order valence-corrected chi connectivity index (χ2v) is 4.70. The van der Waals surface area contributed by atoms with Crippen LogP contribution >= 0.6 is 0 Å². The first kappa shape index (κ1) is 12.7. The van der Waals surface area contributed by atoms with Crippen molar-refractivity contribution >= 4 is 28.0 Å². The predicted molar refractivity (Wildman–Crippen MR) is 76.9 cm³/mol. The first-order valence-corrected chi connectivity index (χ1v) is 6.59. The van der Waals surface area contributed by atoms with Crippen molar-refractivity contribution in [3.63, 3.8) is 0 Å². The van der Waals surface area contributed by atoms with Gasteiger partial charge in [-0.1, -0.05) is 18.2 Å². The van der Waals surface area contributed by atoms with E-state index in [2.05, 4.69) is 4.98 Å². The topological polar surface area (TPSA) is 52.3 Å². The lowest BCUT2D eigenvalue weighted by Gasteiger charge is -2.08. The number of aromatic nitrogens is 1. The number of nitrogens with zero attached hydrogens (tertiary/aromatic N) is 1. The molecule has 0 aliphatic rings. The van der Waals surface area contributed by atoms with Crippen LogP contribution in [0.15, 0.2) is 28.7 Å². The Morgan fingerprint density at radius 2 is 2.05 bits per heavy atom. The number of hydrogen-bond donors (Lipinski definition) is 0. The molecule has 4 nitrogen and oxygen atoms in total. The summed E-state index contributed by atoms with van der Waals surface area (Å²) >= 11 is 0. The van der Waals surface area contributed by atoms with Crippen molar-refractivity contribution in [2.45, 2.75) is 20.8 Å². The fraction of sp³-hybridized carbons (Fsp3) is 0.250. The third kappa shape index (κ3) is 1.76. The monoisotopic (exact) mass is 269 g/mol. The van der Waals surface area contributed by atoms with Crippen LogP contribution < -0.4 is 0 Å². The van der Waals surface area contributed by atoms with Gasteiger partial charge in [-0.05, 0) is 32.4 Å². The normalized spacial score (nSPS) is 11.2. The molecular formula is C16H15NO3. The predicted octanol–water partition coefficient (Wildman–Crippen LogP) is 3.77. The molecule has 0 saturated heterocycles. The third-order valence-corrected chi connectivity index (χ3v) is 3.44. The van der Waals surface area contributed by atoms with Gasteiger partial charge in [-0.3, -0.25) is 0 Å². The molecule has 0 amide bonds. The molecule has 2 aromatic heterocycles. The Kier molecular flexibility index (Phi) is 2.93. The fourth-order valence-electron chi connectivity index (χ4n) is 2.58. The highest BCUT2D eigenvalue weighted by Gasteiger charge is 2.20. The van der Waals surface area contributed by atoms with Gasteiger partial charge in [0.25, 0.3) is 0 Å². The zero-order valence-electron chi connectivity index (χ0n) is 11.7. The van der Waals surface area contributed by atoms with E-state index in [1.54, 1.807) is 13.8 Å². The number of para-hydroxylation sites is 1. The van der Waals surface area contributed by atoms with E-state index in [-0.39, 0.29) is 5.97 Å². The van der Waals surface area contributed by atoms with E-state index >= 15 is 0 Å². The van der Waals surface area contributed by atoms with E-state index in [1.807, 2.05) is 31.2 Å². The number of fused-ring (bicyclic) bond motifs is 3. The van der Waals surface area contributed by atoms with Gasteiger partial charge in [0.05, 0.1) is 23.3 Å². The van der Waals surface area contributed by atoms with Crippen LogP contribution in [0.1, 0.15) is 28.5 Å². The average molecular weight is 269 g/mol. The van der Waals surface area contributed by atoms with E-state index in [0.29, 0.717) is 23.6 Å². The minimum Gasteiger partial charge on any atom is -0.462 e. The lowest BCUT2D eigenvalue weighted by Crippen LogP contribution is -2.10. The number of carbonyl (C=O) groups is 1. The Hall–Kier alpha value is -2.36. The summed E-state index contributed by atoms with van der Waals surface area (Å²) < 4.78 is 10.9. The lowest BCUT2D eigenvalue weighted by atomic mass is 10.0. The molecule has 2 heterocycles. The van der Waals surface area contributed by atoms with Gasteiger partial charge < -0.3 is 9.15 Å². The maximum Gasteiger partial charge on any atom is 0.340 e. The van der Waals surface area contributed by atoms with Crippen LogP contribution in [-0.4, -0.2) is 17.6 Å². The molecule has 0 aliphatic carbocycles. The van der Waals surface area contributed by atoms with Crippen LogP contribution in [0.25, 0.3) is 22.1 Å². The molecule has 0 saturated carbocycles. The number of furan rings is 1. The standard InChI is InChI=1S/C16H15NO3/c1-4-19-16(18)13-9(2)14-11-7-5-6-8-12(11)20-15(14)17-10(13)3/h5-8H,4H2,1-3H3. The van der Waals surface area contributed by atoms with Crippen molar-refractivity contribution in [1.82, 2.24) is 4.98 Å². The fourth-order valence-corrected chi connectivity index (χ4v) is 2.58. The molecule has 0 N–H and O–H groups in total. The quantitative estimate of drug-likeness (QED) is 0.664. The van der Waals surface area contributed by atoms with E-state index < -0.39 is 0 Å². The number of ether oxygens (including phenoxy) is 1. The number of pyridine rings is 1. The second-order valence-electron chi connectivity index (χ2n) is 4.70. The molecule has 0 radical (unpaired) electrons. The summed E-state index contributed by atoms with van der Waals surface area (Å²) in [6.45, 7) is 5.85. The number of esters is 1. The van der Waals surface area contributed by atoms with Crippen LogP contribution in [0.3, 0.4) is 0 Å². The largest absolute Gasteiger partial charge is 0.462 e. The number of aryl methyl sites for hydroxylation is 2. The Morgan fingerprint density at radius 3 is 2.80 bits per heavy atom. The molecule has 0 fully saturated rings. The summed E-state index contributed by atoms with van der Waals surface area (Å²) in [6, 6.07) is 7.73. The first-order valence-electron chi connectivity index (χ1n) is 6.59. The summed E-state index contributed by atoms with van der Waals surface area (Å²) in [5.74, 6) is -0.331. The maximum atomic E-state index is 12.1. The summed E-state index contributed by atoms with van der Waals surface area (Å²) in [4.78, 5) is 16.5. The Morgan fingerprint density at radius 1 is 1.30 bits per heavy atom. The molecule has 0 atom stereocenters. The van der Waals surface area contributed by atoms with Crippen molar-refractivity contribution in [2.24, 2.45) is 0 Å². The third-order valence-electron chi connectivity index (χ3n) is 3.44. The molecule has 3 rings (SSSR count). The number of benzene rings is 1. The summed E-state index contributed by atoms with van der Waals surface area (Å²) in [5.41, 5.74) is 3.36. The molecule has 0 spiro atoms. The van der Waals surface area contributed by atoms with Crippen molar-refractivity contribution in [3.05, 3.63) is 41.1 Å². The highest BCUT2D eigenvalue weighted by Crippen LogP contribution is 2.32. The number of rotatable bonds is 2. The molecule has 0 unspecified atom stereocenters. The molecular weight excluding hydrogens is 254 g/mol. The van der Waals surface area contributed by atoms with E-state index in [1.165, 1.54) is 0 Å². The van der Waals surface area contributed by atoms with Gasteiger partial charge in [0, 0.05) is 5.39 Å². The minimum atomic E-state index is -0.331. The molecule has 0 aliphatic heterocycles. The summed E-state index contributed by atoms with van der Waals surface area (Å²) in [6.07, 6.45) is 0. The minimum absolute atomic E-state index is 0.331.